The number of hydrogen-bond donors (Lipinski definition) is 1. The lowest BCUT2D eigenvalue weighted by Gasteiger charge is -2.16. The number of aryl methyl sites for hydroxylation is 1. The fourth-order valence-electron chi connectivity index (χ4n) is 2.75. The van der Waals surface area contributed by atoms with Crippen LogP contribution in [-0.2, 0) is 4.79 Å². The molecule has 1 atom stereocenters. The molecule has 5 nitrogen and oxygen atoms in total. The van der Waals surface area contributed by atoms with E-state index >= 15 is 0 Å². The van der Waals surface area contributed by atoms with Gasteiger partial charge in [0.25, 0.3) is 5.91 Å². The average Bonchev–Trinajstić information content (AvgIpc) is 3.16. The van der Waals surface area contributed by atoms with Crippen molar-refractivity contribution in [2.24, 2.45) is 0 Å². The molecule has 0 saturated carbocycles. The van der Waals surface area contributed by atoms with Crippen LogP contribution in [0.3, 0.4) is 0 Å². The lowest BCUT2D eigenvalue weighted by molar-refractivity contribution is -0.117. The van der Waals surface area contributed by atoms with E-state index < -0.39 is 0 Å². The summed E-state index contributed by atoms with van der Waals surface area (Å²) < 4.78 is 5.52. The summed E-state index contributed by atoms with van der Waals surface area (Å²) in [6.07, 6.45) is 1.49. The van der Waals surface area contributed by atoms with Crippen LogP contribution >= 0.6 is 0 Å². The molecule has 0 radical (unpaired) electrons. The molecule has 3 rings (SSSR count). The second kappa shape index (κ2) is 6.28. The Bertz CT molecular complexity index is 718. The van der Waals surface area contributed by atoms with E-state index in [0.29, 0.717) is 12.0 Å². The standard InChI is InChI=1S/C18H20N2O3/c1-12-5-10-16(23-12)13(2)19-18(22)14-6-8-15(9-7-14)20-11-3-4-17(20)21/h5-10,13H,3-4,11H2,1-2H3,(H,19,22). The Morgan fingerprint density at radius 3 is 2.52 bits per heavy atom. The van der Waals surface area contributed by atoms with Crippen LogP contribution in [0.25, 0.3) is 0 Å². The maximum atomic E-state index is 12.3. The number of carbonyl (C=O) groups is 2. The topological polar surface area (TPSA) is 62.6 Å². The van der Waals surface area contributed by atoms with Gasteiger partial charge in [-0.25, -0.2) is 0 Å². The van der Waals surface area contributed by atoms with Crippen LogP contribution in [0.5, 0.6) is 0 Å². The van der Waals surface area contributed by atoms with Gasteiger partial charge in [0.1, 0.15) is 11.5 Å². The second-order valence-electron chi connectivity index (χ2n) is 5.84. The van der Waals surface area contributed by atoms with Gasteiger partial charge in [0.05, 0.1) is 6.04 Å². The molecule has 0 bridgehead atoms. The SMILES string of the molecule is Cc1ccc(C(C)NC(=O)c2ccc(N3CCCC3=O)cc2)o1. The van der Waals surface area contributed by atoms with Crippen molar-refractivity contribution in [3.8, 4) is 0 Å². The molecule has 23 heavy (non-hydrogen) atoms. The summed E-state index contributed by atoms with van der Waals surface area (Å²) in [5.74, 6) is 1.53. The van der Waals surface area contributed by atoms with Gasteiger partial charge in [0.15, 0.2) is 0 Å². The maximum absolute atomic E-state index is 12.3. The number of rotatable bonds is 4. The summed E-state index contributed by atoms with van der Waals surface area (Å²) in [7, 11) is 0. The summed E-state index contributed by atoms with van der Waals surface area (Å²) in [6.45, 7) is 4.50. The molecule has 2 heterocycles. The van der Waals surface area contributed by atoms with Crippen molar-refractivity contribution in [1.82, 2.24) is 5.32 Å². The van der Waals surface area contributed by atoms with Gasteiger partial charge < -0.3 is 14.6 Å². The minimum atomic E-state index is -0.198. The number of anilines is 1. The number of benzene rings is 1. The van der Waals surface area contributed by atoms with E-state index in [1.54, 1.807) is 17.0 Å². The summed E-state index contributed by atoms with van der Waals surface area (Å²) >= 11 is 0. The lowest BCUT2D eigenvalue weighted by Crippen LogP contribution is -2.27. The van der Waals surface area contributed by atoms with Gasteiger partial charge in [-0.2, -0.15) is 0 Å². The zero-order valence-electron chi connectivity index (χ0n) is 13.3. The number of nitrogens with one attached hydrogen (secondary N) is 1. The van der Waals surface area contributed by atoms with Gasteiger partial charge in [0.2, 0.25) is 5.91 Å². The van der Waals surface area contributed by atoms with Gasteiger partial charge in [-0.3, -0.25) is 9.59 Å². The Morgan fingerprint density at radius 1 is 1.22 bits per heavy atom. The van der Waals surface area contributed by atoms with Crippen LogP contribution in [0.15, 0.2) is 40.8 Å². The molecule has 0 spiro atoms. The molecule has 1 fully saturated rings. The van der Waals surface area contributed by atoms with Crippen LogP contribution in [0, 0.1) is 6.92 Å². The molecule has 1 unspecified atom stereocenters. The minimum absolute atomic E-state index is 0.143. The second-order valence-corrected chi connectivity index (χ2v) is 5.84. The number of amides is 2. The zero-order valence-corrected chi connectivity index (χ0v) is 13.3. The first-order chi connectivity index (χ1) is 11.0. The number of furan rings is 1. The van der Waals surface area contributed by atoms with Gasteiger partial charge in [-0.05, 0) is 56.7 Å². The van der Waals surface area contributed by atoms with Crippen LogP contribution in [0.2, 0.25) is 0 Å². The van der Waals surface area contributed by atoms with Gasteiger partial charge >= 0.3 is 0 Å². The molecule has 5 heteroatoms. The normalized spacial score (nSPS) is 15.7. The van der Waals surface area contributed by atoms with Crippen molar-refractivity contribution < 1.29 is 14.0 Å². The zero-order chi connectivity index (χ0) is 16.4. The van der Waals surface area contributed by atoms with Crippen molar-refractivity contribution in [2.75, 3.05) is 11.4 Å². The molecule has 1 aliphatic heterocycles. The Morgan fingerprint density at radius 2 is 1.96 bits per heavy atom. The fourth-order valence-corrected chi connectivity index (χ4v) is 2.75. The molecular formula is C18H20N2O3. The van der Waals surface area contributed by atoms with Crippen LogP contribution in [0.1, 0.15) is 47.7 Å². The third-order valence-electron chi connectivity index (χ3n) is 4.05. The molecule has 0 aliphatic carbocycles. The summed E-state index contributed by atoms with van der Waals surface area (Å²) in [5, 5.41) is 2.91. The first kappa shape index (κ1) is 15.3. The van der Waals surface area contributed by atoms with E-state index in [1.807, 2.05) is 38.1 Å². The molecule has 1 saturated heterocycles. The fraction of sp³-hybridized carbons (Fsp3) is 0.333. The van der Waals surface area contributed by atoms with E-state index in [2.05, 4.69) is 5.32 Å². The largest absolute Gasteiger partial charge is 0.464 e. The first-order valence-corrected chi connectivity index (χ1v) is 7.82. The van der Waals surface area contributed by atoms with E-state index in [4.69, 9.17) is 4.42 Å². The molecule has 1 aliphatic rings. The molecule has 2 aromatic rings. The molecule has 1 N–H and O–H groups in total. The number of hydrogen-bond acceptors (Lipinski definition) is 3. The first-order valence-electron chi connectivity index (χ1n) is 7.82. The third kappa shape index (κ3) is 3.28. The summed E-state index contributed by atoms with van der Waals surface area (Å²) in [6, 6.07) is 10.7. The Balaban J connectivity index is 1.67. The molecule has 1 aromatic heterocycles. The van der Waals surface area contributed by atoms with E-state index in [9.17, 15) is 9.59 Å². The van der Waals surface area contributed by atoms with Crippen molar-refractivity contribution in [1.29, 1.82) is 0 Å². The third-order valence-corrected chi connectivity index (χ3v) is 4.05. The van der Waals surface area contributed by atoms with Gasteiger partial charge in [-0.15, -0.1) is 0 Å². The highest BCUT2D eigenvalue weighted by atomic mass is 16.3. The van der Waals surface area contributed by atoms with E-state index in [-0.39, 0.29) is 17.9 Å². The van der Waals surface area contributed by atoms with Gasteiger partial charge in [0, 0.05) is 24.2 Å². The van der Waals surface area contributed by atoms with E-state index in [0.717, 1.165) is 30.2 Å². The van der Waals surface area contributed by atoms with Crippen LogP contribution in [-0.4, -0.2) is 18.4 Å². The van der Waals surface area contributed by atoms with Crippen molar-refractivity contribution >= 4 is 17.5 Å². The maximum Gasteiger partial charge on any atom is 0.251 e. The highest BCUT2D eigenvalue weighted by Gasteiger charge is 2.22. The monoisotopic (exact) mass is 312 g/mol. The van der Waals surface area contributed by atoms with E-state index in [1.165, 1.54) is 0 Å². The molecule has 2 amide bonds. The summed E-state index contributed by atoms with van der Waals surface area (Å²) in [4.78, 5) is 25.8. The lowest BCUT2D eigenvalue weighted by atomic mass is 10.1. The van der Waals surface area contributed by atoms with Crippen molar-refractivity contribution in [2.45, 2.75) is 32.7 Å². The van der Waals surface area contributed by atoms with Crippen molar-refractivity contribution in [3.63, 3.8) is 0 Å². The van der Waals surface area contributed by atoms with Gasteiger partial charge in [-0.1, -0.05) is 0 Å². The Kier molecular flexibility index (Phi) is 4.19. The minimum Gasteiger partial charge on any atom is -0.464 e. The molecular weight excluding hydrogens is 292 g/mol. The van der Waals surface area contributed by atoms with Crippen LogP contribution < -0.4 is 10.2 Å². The Hall–Kier alpha value is -2.56. The number of nitrogens with zero attached hydrogens (tertiary/aromatic N) is 1. The predicted molar refractivity (Wildman–Crippen MR) is 87.4 cm³/mol. The Labute approximate surface area is 135 Å². The van der Waals surface area contributed by atoms with Crippen molar-refractivity contribution in [3.05, 3.63) is 53.5 Å². The number of carbonyl (C=O) groups excluding carboxylic acids is 2. The smallest absolute Gasteiger partial charge is 0.251 e. The predicted octanol–water partition coefficient (Wildman–Crippen LogP) is 3.21. The highest BCUT2D eigenvalue weighted by Crippen LogP contribution is 2.22. The quantitative estimate of drug-likeness (QED) is 0.943. The molecule has 1 aromatic carbocycles. The highest BCUT2D eigenvalue weighted by molar-refractivity contribution is 5.97. The summed E-state index contributed by atoms with van der Waals surface area (Å²) in [5.41, 5.74) is 1.41. The average molecular weight is 312 g/mol. The van der Waals surface area contributed by atoms with Crippen LogP contribution in [0.4, 0.5) is 5.69 Å². The molecule has 120 valence electrons.